The Morgan fingerprint density at radius 1 is 1.10 bits per heavy atom. The van der Waals surface area contributed by atoms with Gasteiger partial charge in [-0.15, -0.1) is 24.2 Å². The summed E-state index contributed by atoms with van der Waals surface area (Å²) in [6.45, 7) is 5.48. The first-order valence-corrected chi connectivity index (χ1v) is 12.2. The molecule has 1 amide bonds. The van der Waals surface area contributed by atoms with Gasteiger partial charge >= 0.3 is 0 Å². The largest absolute Gasteiger partial charge is 0.308 e. The normalized spacial score (nSPS) is 11.0. The van der Waals surface area contributed by atoms with Crippen LogP contribution in [0.4, 0.5) is 5.13 Å². The van der Waals surface area contributed by atoms with E-state index in [0.29, 0.717) is 18.0 Å². The number of amides is 1. The number of aromatic nitrogens is 1. The highest BCUT2D eigenvalue weighted by Gasteiger charge is 2.20. The quantitative estimate of drug-likeness (QED) is 0.251. The zero-order chi connectivity index (χ0) is 21.7. The molecule has 2 aromatic carbocycles. The number of aryl methyl sites for hydroxylation is 2. The van der Waals surface area contributed by atoms with Crippen molar-refractivity contribution in [3.63, 3.8) is 0 Å². The van der Waals surface area contributed by atoms with Gasteiger partial charge in [-0.05, 0) is 69.9 Å². The third kappa shape index (κ3) is 7.09. The molecular formula is C23H29Cl2N3OS2. The standard InChI is InChI=1S/C23H28ClN3OS2.ClH/c1-16-7-9-18(10-8-16)29-15-5-6-21(28)27(14-13-26(3)4)23-25-22-17(2)19(24)11-12-20(22)30-23;/h7-12H,5-6,13-15H2,1-4H3;1H. The van der Waals surface area contributed by atoms with E-state index >= 15 is 0 Å². The first-order chi connectivity index (χ1) is 14.3. The smallest absolute Gasteiger partial charge is 0.228 e. The van der Waals surface area contributed by atoms with E-state index in [1.165, 1.54) is 10.5 Å². The first kappa shape index (κ1) is 25.9. The third-order valence-electron chi connectivity index (χ3n) is 4.86. The molecule has 0 atom stereocenters. The zero-order valence-electron chi connectivity index (χ0n) is 18.4. The van der Waals surface area contributed by atoms with Gasteiger partial charge in [0.15, 0.2) is 5.13 Å². The molecule has 0 aliphatic heterocycles. The van der Waals surface area contributed by atoms with Gasteiger partial charge in [-0.2, -0.15) is 0 Å². The van der Waals surface area contributed by atoms with Crippen molar-refractivity contribution < 1.29 is 4.79 Å². The molecule has 8 heteroatoms. The Kier molecular flexibility index (Phi) is 10.1. The van der Waals surface area contributed by atoms with Gasteiger partial charge in [0, 0.05) is 29.4 Å². The SMILES string of the molecule is Cc1ccc(SCCCC(=O)N(CCN(C)C)c2nc3c(C)c(Cl)ccc3s2)cc1.Cl. The Bertz CT molecular complexity index is 1010. The second-order valence-corrected chi connectivity index (χ2v) is 10.2. The fourth-order valence-corrected chi connectivity index (χ4v) is 5.09. The van der Waals surface area contributed by atoms with E-state index in [-0.39, 0.29) is 18.3 Å². The number of rotatable bonds is 9. The summed E-state index contributed by atoms with van der Waals surface area (Å²) >= 11 is 9.62. The van der Waals surface area contributed by atoms with Crippen molar-refractivity contribution in [3.8, 4) is 0 Å². The van der Waals surface area contributed by atoms with Gasteiger partial charge in [-0.1, -0.05) is 40.6 Å². The summed E-state index contributed by atoms with van der Waals surface area (Å²) in [5.41, 5.74) is 3.12. The Balaban J connectivity index is 0.00000341. The molecule has 31 heavy (non-hydrogen) atoms. The van der Waals surface area contributed by atoms with Crippen LogP contribution in [0.3, 0.4) is 0 Å². The van der Waals surface area contributed by atoms with Gasteiger partial charge in [0.1, 0.15) is 0 Å². The molecule has 0 unspecified atom stereocenters. The van der Waals surface area contributed by atoms with E-state index in [1.807, 2.05) is 38.1 Å². The second-order valence-electron chi connectivity index (χ2n) is 7.63. The number of benzene rings is 2. The maximum Gasteiger partial charge on any atom is 0.228 e. The van der Waals surface area contributed by atoms with Crippen LogP contribution in [-0.4, -0.2) is 48.7 Å². The lowest BCUT2D eigenvalue weighted by molar-refractivity contribution is -0.118. The average Bonchev–Trinajstić information content (AvgIpc) is 3.14. The number of nitrogens with zero attached hydrogens (tertiary/aromatic N) is 3. The van der Waals surface area contributed by atoms with Crippen LogP contribution in [0.2, 0.25) is 5.02 Å². The second kappa shape index (κ2) is 12.1. The predicted octanol–water partition coefficient (Wildman–Crippen LogP) is 6.46. The van der Waals surface area contributed by atoms with E-state index in [9.17, 15) is 4.79 Å². The number of halogens is 2. The molecule has 0 bridgehead atoms. The van der Waals surface area contributed by atoms with Crippen molar-refractivity contribution in [1.29, 1.82) is 0 Å². The predicted molar refractivity (Wildman–Crippen MR) is 139 cm³/mol. The molecule has 0 aliphatic carbocycles. The van der Waals surface area contributed by atoms with Crippen molar-refractivity contribution in [2.75, 3.05) is 37.8 Å². The highest BCUT2D eigenvalue weighted by Crippen LogP contribution is 2.34. The van der Waals surface area contributed by atoms with Crippen molar-refractivity contribution in [1.82, 2.24) is 9.88 Å². The van der Waals surface area contributed by atoms with Crippen LogP contribution >= 0.6 is 47.1 Å². The third-order valence-corrected chi connectivity index (χ3v) is 7.42. The maximum absolute atomic E-state index is 13.1. The summed E-state index contributed by atoms with van der Waals surface area (Å²) in [7, 11) is 4.03. The number of hydrogen-bond donors (Lipinski definition) is 0. The van der Waals surface area contributed by atoms with Gasteiger partial charge in [0.2, 0.25) is 5.91 Å². The number of thiazole rings is 1. The zero-order valence-corrected chi connectivity index (χ0v) is 21.6. The molecule has 0 aliphatic rings. The molecule has 0 saturated heterocycles. The van der Waals surface area contributed by atoms with Gasteiger partial charge in [0.05, 0.1) is 10.2 Å². The molecule has 3 rings (SSSR count). The van der Waals surface area contributed by atoms with Gasteiger partial charge in [-0.3, -0.25) is 9.69 Å². The van der Waals surface area contributed by atoms with Crippen molar-refractivity contribution in [2.45, 2.75) is 31.6 Å². The highest BCUT2D eigenvalue weighted by molar-refractivity contribution is 7.99. The lowest BCUT2D eigenvalue weighted by Gasteiger charge is -2.22. The van der Waals surface area contributed by atoms with Crippen molar-refractivity contribution >= 4 is 68.4 Å². The summed E-state index contributed by atoms with van der Waals surface area (Å²) in [4.78, 5) is 23.0. The maximum atomic E-state index is 13.1. The summed E-state index contributed by atoms with van der Waals surface area (Å²) in [5, 5.41) is 1.46. The first-order valence-electron chi connectivity index (χ1n) is 10.1. The van der Waals surface area contributed by atoms with Crippen molar-refractivity contribution in [3.05, 3.63) is 52.5 Å². The van der Waals surface area contributed by atoms with Gasteiger partial charge in [0.25, 0.3) is 0 Å². The number of carbonyl (C=O) groups is 1. The summed E-state index contributed by atoms with van der Waals surface area (Å²) in [6, 6.07) is 12.4. The molecule has 0 fully saturated rings. The van der Waals surface area contributed by atoms with Crippen molar-refractivity contribution in [2.24, 2.45) is 0 Å². The monoisotopic (exact) mass is 497 g/mol. The summed E-state index contributed by atoms with van der Waals surface area (Å²) < 4.78 is 1.06. The average molecular weight is 499 g/mol. The molecule has 1 heterocycles. The number of thioether (sulfide) groups is 1. The van der Waals surface area contributed by atoms with E-state index < -0.39 is 0 Å². The Morgan fingerprint density at radius 3 is 2.48 bits per heavy atom. The summed E-state index contributed by atoms with van der Waals surface area (Å²) in [6.07, 6.45) is 1.35. The van der Waals surface area contributed by atoms with Gasteiger partial charge in [-0.25, -0.2) is 4.98 Å². The molecule has 0 radical (unpaired) electrons. The fourth-order valence-electron chi connectivity index (χ4n) is 3.01. The van der Waals surface area contributed by atoms with E-state index in [4.69, 9.17) is 16.6 Å². The summed E-state index contributed by atoms with van der Waals surface area (Å²) in [5.74, 6) is 1.05. The Morgan fingerprint density at radius 2 is 1.81 bits per heavy atom. The van der Waals surface area contributed by atoms with Crippen LogP contribution in [0.25, 0.3) is 10.2 Å². The topological polar surface area (TPSA) is 36.4 Å². The molecule has 4 nitrogen and oxygen atoms in total. The number of hydrogen-bond acceptors (Lipinski definition) is 5. The van der Waals surface area contributed by atoms with Crippen LogP contribution in [-0.2, 0) is 4.79 Å². The minimum absolute atomic E-state index is 0. The lowest BCUT2D eigenvalue weighted by Crippen LogP contribution is -2.36. The van der Waals surface area contributed by atoms with Crippen LogP contribution in [0, 0.1) is 13.8 Å². The van der Waals surface area contributed by atoms with Crippen LogP contribution in [0.15, 0.2) is 41.3 Å². The molecule has 168 valence electrons. The molecule has 1 aromatic heterocycles. The lowest BCUT2D eigenvalue weighted by atomic mass is 10.2. The van der Waals surface area contributed by atoms with Crippen LogP contribution < -0.4 is 4.90 Å². The number of carbonyl (C=O) groups excluding carboxylic acids is 1. The highest BCUT2D eigenvalue weighted by atomic mass is 35.5. The van der Waals surface area contributed by atoms with E-state index in [0.717, 1.165) is 39.6 Å². The Labute approximate surface area is 204 Å². The van der Waals surface area contributed by atoms with Crippen LogP contribution in [0.5, 0.6) is 0 Å². The number of likely N-dealkylation sites (N-methyl/N-ethyl adjacent to an activating group) is 1. The minimum Gasteiger partial charge on any atom is -0.308 e. The molecule has 0 N–H and O–H groups in total. The van der Waals surface area contributed by atoms with E-state index in [2.05, 4.69) is 36.1 Å². The van der Waals surface area contributed by atoms with E-state index in [1.54, 1.807) is 23.1 Å². The Hall–Kier alpha value is -1.31. The molecule has 3 aromatic rings. The van der Waals surface area contributed by atoms with Crippen LogP contribution in [0.1, 0.15) is 24.0 Å². The molecule has 0 spiro atoms. The molecule has 0 saturated carbocycles. The van der Waals surface area contributed by atoms with Gasteiger partial charge < -0.3 is 4.90 Å². The molecular weight excluding hydrogens is 469 g/mol. The number of fused-ring (bicyclic) bond motifs is 1. The fraction of sp³-hybridized carbons (Fsp3) is 0.391. The number of anilines is 1. The minimum atomic E-state index is 0.